The molecule has 0 unspecified atom stereocenters. The van der Waals surface area contributed by atoms with E-state index in [9.17, 15) is 4.79 Å². The quantitative estimate of drug-likeness (QED) is 0.837. The molecule has 0 fully saturated rings. The predicted octanol–water partition coefficient (Wildman–Crippen LogP) is 1.72. The number of aromatic nitrogens is 4. The molecular weight excluding hydrogens is 236 g/mol. The number of hydrogen-bond acceptors (Lipinski definition) is 5. The molecule has 88 valence electrons. The number of aromatic amines is 1. The second-order valence-corrected chi connectivity index (χ2v) is 4.94. The van der Waals surface area contributed by atoms with Crippen LogP contribution in [0.15, 0.2) is 34.5 Å². The van der Waals surface area contributed by atoms with E-state index < -0.39 is 0 Å². The van der Waals surface area contributed by atoms with E-state index in [-0.39, 0.29) is 10.8 Å². The van der Waals surface area contributed by atoms with Crippen LogP contribution in [0, 0.1) is 6.92 Å². The highest BCUT2D eigenvalue weighted by atomic mass is 32.2. The molecule has 2 aromatic heterocycles. The Labute approximate surface area is 103 Å². The van der Waals surface area contributed by atoms with Crippen molar-refractivity contribution in [3.8, 4) is 0 Å². The average Bonchev–Trinajstić information content (AvgIpc) is 2.29. The average molecular weight is 248 g/mol. The van der Waals surface area contributed by atoms with E-state index >= 15 is 0 Å². The predicted molar refractivity (Wildman–Crippen MR) is 65.9 cm³/mol. The molecule has 6 heteroatoms. The minimum Gasteiger partial charge on any atom is -0.310 e. The topological polar surface area (TPSA) is 71.5 Å². The Bertz CT molecular complexity index is 555. The monoisotopic (exact) mass is 248 g/mol. The van der Waals surface area contributed by atoms with Crippen LogP contribution in [0.5, 0.6) is 0 Å². The minimum atomic E-state index is -0.126. The molecule has 2 rings (SSSR count). The molecule has 0 aliphatic rings. The lowest BCUT2D eigenvalue weighted by atomic mass is 10.4. The summed E-state index contributed by atoms with van der Waals surface area (Å²) in [5, 5.41) is 0.837. The van der Waals surface area contributed by atoms with Crippen LogP contribution in [0.4, 0.5) is 0 Å². The summed E-state index contributed by atoms with van der Waals surface area (Å²) in [7, 11) is 0. The summed E-state index contributed by atoms with van der Waals surface area (Å²) in [6.07, 6.45) is 4.96. The molecule has 0 saturated heterocycles. The Morgan fingerprint density at radius 1 is 1.41 bits per heavy atom. The molecule has 17 heavy (non-hydrogen) atoms. The third-order valence-corrected chi connectivity index (χ3v) is 3.14. The zero-order chi connectivity index (χ0) is 12.3. The van der Waals surface area contributed by atoms with E-state index in [4.69, 9.17) is 0 Å². The third-order valence-electron chi connectivity index (χ3n) is 2.11. The highest BCUT2D eigenvalue weighted by Crippen LogP contribution is 2.30. The standard InChI is InChI=1S/C11H12N4OS/c1-7-5-9(16)15-11(14-7)8(2)17-10-6-12-3-4-13-10/h3-6,8H,1-2H3,(H,14,15,16)/t8-/m0/s1. The number of aryl methyl sites for hydroxylation is 1. The largest absolute Gasteiger partial charge is 0.310 e. The lowest BCUT2D eigenvalue weighted by molar-refractivity contribution is 0.878. The summed E-state index contributed by atoms with van der Waals surface area (Å²) >= 11 is 1.51. The van der Waals surface area contributed by atoms with Crippen LogP contribution in [-0.4, -0.2) is 19.9 Å². The smallest absolute Gasteiger partial charge is 0.251 e. The maximum Gasteiger partial charge on any atom is 0.251 e. The molecule has 0 radical (unpaired) electrons. The summed E-state index contributed by atoms with van der Waals surface area (Å²) in [6, 6.07) is 1.48. The second-order valence-electron chi connectivity index (χ2n) is 3.58. The normalized spacial score (nSPS) is 12.4. The number of H-pyrrole nitrogens is 1. The van der Waals surface area contributed by atoms with Crippen molar-refractivity contribution < 1.29 is 0 Å². The van der Waals surface area contributed by atoms with Gasteiger partial charge in [-0.05, 0) is 13.8 Å². The van der Waals surface area contributed by atoms with Gasteiger partial charge in [-0.15, -0.1) is 0 Å². The van der Waals surface area contributed by atoms with E-state index in [1.165, 1.54) is 17.8 Å². The van der Waals surface area contributed by atoms with Crippen molar-refractivity contribution in [2.24, 2.45) is 0 Å². The van der Waals surface area contributed by atoms with Gasteiger partial charge in [0.05, 0.1) is 11.4 Å². The van der Waals surface area contributed by atoms with Gasteiger partial charge in [-0.25, -0.2) is 9.97 Å². The molecule has 0 aromatic carbocycles. The van der Waals surface area contributed by atoms with Gasteiger partial charge in [-0.3, -0.25) is 9.78 Å². The molecule has 2 aromatic rings. The number of rotatable bonds is 3. The number of nitrogens with one attached hydrogen (secondary N) is 1. The Hall–Kier alpha value is -1.69. The summed E-state index contributed by atoms with van der Waals surface area (Å²) < 4.78 is 0. The third kappa shape index (κ3) is 3.13. The van der Waals surface area contributed by atoms with Crippen LogP contribution in [0.25, 0.3) is 0 Å². The Balaban J connectivity index is 2.20. The molecular formula is C11H12N4OS. The van der Waals surface area contributed by atoms with Crippen molar-refractivity contribution in [2.45, 2.75) is 24.1 Å². The molecule has 2 heterocycles. The van der Waals surface area contributed by atoms with Crippen LogP contribution >= 0.6 is 11.8 Å². The van der Waals surface area contributed by atoms with E-state index in [0.717, 1.165) is 10.7 Å². The van der Waals surface area contributed by atoms with Crippen molar-refractivity contribution in [2.75, 3.05) is 0 Å². The van der Waals surface area contributed by atoms with Gasteiger partial charge in [0, 0.05) is 24.2 Å². The van der Waals surface area contributed by atoms with Gasteiger partial charge in [0.25, 0.3) is 5.56 Å². The van der Waals surface area contributed by atoms with Crippen molar-refractivity contribution in [1.29, 1.82) is 0 Å². The first-order valence-corrected chi connectivity index (χ1v) is 6.03. The molecule has 0 aliphatic carbocycles. The van der Waals surface area contributed by atoms with Crippen LogP contribution < -0.4 is 5.56 Å². The lowest BCUT2D eigenvalue weighted by Crippen LogP contribution is -2.12. The molecule has 1 atom stereocenters. The first kappa shape index (κ1) is 11.8. The van der Waals surface area contributed by atoms with Gasteiger partial charge >= 0.3 is 0 Å². The summed E-state index contributed by atoms with van der Waals surface area (Å²) in [5.41, 5.74) is 0.592. The Morgan fingerprint density at radius 2 is 2.24 bits per heavy atom. The first-order valence-electron chi connectivity index (χ1n) is 5.15. The summed E-state index contributed by atoms with van der Waals surface area (Å²) in [4.78, 5) is 26.5. The second kappa shape index (κ2) is 5.09. The molecule has 0 amide bonds. The van der Waals surface area contributed by atoms with E-state index in [2.05, 4.69) is 19.9 Å². The van der Waals surface area contributed by atoms with Gasteiger partial charge in [0.2, 0.25) is 0 Å². The molecule has 0 aliphatic heterocycles. The first-order chi connectivity index (χ1) is 8.15. The fourth-order valence-electron chi connectivity index (χ4n) is 1.38. The molecule has 0 saturated carbocycles. The van der Waals surface area contributed by atoms with Gasteiger partial charge in [0.15, 0.2) is 0 Å². The van der Waals surface area contributed by atoms with Crippen LogP contribution in [0.3, 0.4) is 0 Å². The summed E-state index contributed by atoms with van der Waals surface area (Å²) in [6.45, 7) is 3.77. The van der Waals surface area contributed by atoms with Gasteiger partial charge in [-0.1, -0.05) is 11.8 Å². The van der Waals surface area contributed by atoms with Gasteiger partial charge < -0.3 is 4.98 Å². The van der Waals surface area contributed by atoms with Crippen molar-refractivity contribution >= 4 is 11.8 Å². The minimum absolute atomic E-state index is 0.0271. The molecule has 1 N–H and O–H groups in total. The van der Waals surface area contributed by atoms with Crippen molar-refractivity contribution in [3.63, 3.8) is 0 Å². The van der Waals surface area contributed by atoms with Crippen LogP contribution in [0.2, 0.25) is 0 Å². The molecule has 5 nitrogen and oxygen atoms in total. The molecule has 0 bridgehead atoms. The van der Waals surface area contributed by atoms with Crippen molar-refractivity contribution in [3.05, 3.63) is 46.5 Å². The number of thioether (sulfide) groups is 1. The lowest BCUT2D eigenvalue weighted by Gasteiger charge is -2.09. The highest BCUT2D eigenvalue weighted by Gasteiger charge is 2.11. The highest BCUT2D eigenvalue weighted by molar-refractivity contribution is 7.99. The van der Waals surface area contributed by atoms with E-state index in [0.29, 0.717) is 5.82 Å². The molecule has 0 spiro atoms. The zero-order valence-electron chi connectivity index (χ0n) is 9.54. The zero-order valence-corrected chi connectivity index (χ0v) is 10.4. The van der Waals surface area contributed by atoms with Crippen LogP contribution in [-0.2, 0) is 0 Å². The maximum absolute atomic E-state index is 11.3. The SMILES string of the molecule is Cc1cc(=O)[nH]c([C@H](C)Sc2cnccn2)n1. The van der Waals surface area contributed by atoms with Gasteiger partial charge in [-0.2, -0.15) is 0 Å². The maximum atomic E-state index is 11.3. The van der Waals surface area contributed by atoms with Crippen LogP contribution in [0.1, 0.15) is 23.7 Å². The number of hydrogen-bond donors (Lipinski definition) is 1. The van der Waals surface area contributed by atoms with E-state index in [1.807, 2.05) is 6.92 Å². The summed E-state index contributed by atoms with van der Waals surface area (Å²) in [5.74, 6) is 0.658. The number of nitrogens with zero attached hydrogens (tertiary/aromatic N) is 3. The Morgan fingerprint density at radius 3 is 2.88 bits per heavy atom. The van der Waals surface area contributed by atoms with Gasteiger partial charge in [0.1, 0.15) is 10.9 Å². The Kier molecular flexibility index (Phi) is 3.53. The van der Waals surface area contributed by atoms with E-state index in [1.54, 1.807) is 25.5 Å². The fraction of sp³-hybridized carbons (Fsp3) is 0.273. The van der Waals surface area contributed by atoms with Crippen molar-refractivity contribution in [1.82, 2.24) is 19.9 Å². The fourth-order valence-corrected chi connectivity index (χ4v) is 2.21.